The van der Waals surface area contributed by atoms with Gasteiger partial charge in [0, 0.05) is 0 Å². The third kappa shape index (κ3) is 2.21. The molecule has 0 bridgehead atoms. The first-order valence-corrected chi connectivity index (χ1v) is 3.80. The lowest BCUT2D eigenvalue weighted by Crippen LogP contribution is -1.90. The van der Waals surface area contributed by atoms with Crippen LogP contribution in [0.2, 0.25) is 0 Å². The van der Waals surface area contributed by atoms with Crippen molar-refractivity contribution < 1.29 is 0 Å². The molecule has 1 aliphatic rings. The van der Waals surface area contributed by atoms with Gasteiger partial charge in [0.05, 0.1) is 0 Å². The second-order valence-electron chi connectivity index (χ2n) is 3.08. The van der Waals surface area contributed by atoms with Gasteiger partial charge in [-0.15, -0.1) is 0 Å². The van der Waals surface area contributed by atoms with Crippen molar-refractivity contribution in [3.8, 4) is 0 Å². The molecule has 51 valence electrons. The monoisotopic (exact) mass is 123 g/mol. The minimum absolute atomic E-state index is 0.917. The molecule has 1 aliphatic carbocycles. The maximum atomic E-state index is 3.95. The Labute approximate surface area is 58.0 Å². The van der Waals surface area contributed by atoms with Crippen LogP contribution in [-0.4, -0.2) is 0 Å². The molecule has 0 aromatic heterocycles. The van der Waals surface area contributed by atoms with Gasteiger partial charge in [0.15, 0.2) is 0 Å². The van der Waals surface area contributed by atoms with Gasteiger partial charge in [-0.3, -0.25) is 0 Å². The molecule has 1 atom stereocenters. The van der Waals surface area contributed by atoms with Crippen molar-refractivity contribution in [3.63, 3.8) is 0 Å². The number of hydrogen-bond donors (Lipinski definition) is 0. The summed E-state index contributed by atoms with van der Waals surface area (Å²) < 4.78 is 0. The molecule has 0 N–H and O–H groups in total. The van der Waals surface area contributed by atoms with Gasteiger partial charge >= 0.3 is 0 Å². The Morgan fingerprint density at radius 2 is 2.33 bits per heavy atom. The molecule has 0 nitrogen and oxygen atoms in total. The van der Waals surface area contributed by atoms with Crippen LogP contribution < -0.4 is 0 Å². The van der Waals surface area contributed by atoms with Crippen LogP contribution in [0.4, 0.5) is 0 Å². The zero-order chi connectivity index (χ0) is 6.69. The van der Waals surface area contributed by atoms with Gasteiger partial charge in [0.2, 0.25) is 0 Å². The lowest BCUT2D eigenvalue weighted by atomic mass is 10.0. The van der Waals surface area contributed by atoms with Crippen LogP contribution >= 0.6 is 0 Å². The van der Waals surface area contributed by atoms with E-state index in [-0.39, 0.29) is 0 Å². The second-order valence-corrected chi connectivity index (χ2v) is 3.08. The first-order chi connectivity index (χ1) is 4.29. The van der Waals surface area contributed by atoms with E-state index in [4.69, 9.17) is 0 Å². The highest BCUT2D eigenvalue weighted by atomic mass is 14.1. The number of allylic oxidation sites excluding steroid dienone is 2. The summed E-state index contributed by atoms with van der Waals surface area (Å²) >= 11 is 0. The molecule has 1 unspecified atom stereocenters. The maximum absolute atomic E-state index is 3.95. The quantitative estimate of drug-likeness (QED) is 0.464. The highest BCUT2D eigenvalue weighted by Crippen LogP contribution is 2.21. The average Bonchev–Trinajstić information content (AvgIpc) is 1.97. The molecule has 1 radical (unpaired) electrons. The summed E-state index contributed by atoms with van der Waals surface area (Å²) in [7, 11) is 0. The maximum Gasteiger partial charge on any atom is -0.0283 e. The normalized spacial score (nSPS) is 29.1. The van der Waals surface area contributed by atoms with Crippen LogP contribution in [0.15, 0.2) is 11.6 Å². The summed E-state index contributed by atoms with van der Waals surface area (Å²) in [6, 6.07) is 0. The molecule has 0 fully saturated rings. The summed E-state index contributed by atoms with van der Waals surface area (Å²) in [6.07, 6.45) is 7.46. The van der Waals surface area contributed by atoms with Gasteiger partial charge in [0.25, 0.3) is 0 Å². The summed E-state index contributed by atoms with van der Waals surface area (Å²) in [6.45, 7) is 6.28. The molecule has 0 heteroatoms. The molecule has 1 rings (SSSR count). The predicted molar refractivity (Wildman–Crippen MR) is 41.1 cm³/mol. The minimum Gasteiger partial charge on any atom is -0.0853 e. The Morgan fingerprint density at radius 3 is 3.11 bits per heavy atom. The molecule has 0 aromatic rings. The Hall–Kier alpha value is -0.260. The molecule has 0 aliphatic heterocycles. The van der Waals surface area contributed by atoms with Crippen molar-refractivity contribution >= 4 is 0 Å². The molecule has 0 saturated heterocycles. The molecule has 0 aromatic carbocycles. The van der Waals surface area contributed by atoms with Crippen LogP contribution in [0.5, 0.6) is 0 Å². The van der Waals surface area contributed by atoms with Crippen LogP contribution in [0.3, 0.4) is 0 Å². The predicted octanol–water partition coefficient (Wildman–Crippen LogP) is 2.96. The topological polar surface area (TPSA) is 0 Å². The Kier molecular flexibility index (Phi) is 2.32. The van der Waals surface area contributed by atoms with E-state index >= 15 is 0 Å². The molecular weight excluding hydrogens is 108 g/mol. The largest absolute Gasteiger partial charge is 0.0853 e. The van der Waals surface area contributed by atoms with Gasteiger partial charge in [0.1, 0.15) is 0 Å². The van der Waals surface area contributed by atoms with Crippen molar-refractivity contribution in [2.24, 2.45) is 5.92 Å². The first-order valence-electron chi connectivity index (χ1n) is 3.80. The molecule has 9 heavy (non-hydrogen) atoms. The average molecular weight is 123 g/mol. The summed E-state index contributed by atoms with van der Waals surface area (Å²) in [5, 5.41) is 0. The highest BCUT2D eigenvalue weighted by molar-refractivity contribution is 5.06. The Bertz CT molecular complexity index is 111. The van der Waals surface area contributed by atoms with Gasteiger partial charge < -0.3 is 0 Å². The lowest BCUT2D eigenvalue weighted by Gasteiger charge is -2.03. The van der Waals surface area contributed by atoms with E-state index in [0.29, 0.717) is 0 Å². The van der Waals surface area contributed by atoms with Gasteiger partial charge in [-0.25, -0.2) is 0 Å². The molecule has 0 spiro atoms. The number of rotatable bonds is 0. The van der Waals surface area contributed by atoms with Crippen LogP contribution in [0, 0.1) is 12.8 Å². The fourth-order valence-corrected chi connectivity index (χ4v) is 1.25. The molecule has 0 saturated carbocycles. The highest BCUT2D eigenvalue weighted by Gasteiger charge is 2.04. The van der Waals surface area contributed by atoms with Crippen LogP contribution in [0.1, 0.15) is 32.6 Å². The third-order valence-corrected chi connectivity index (χ3v) is 2.05. The van der Waals surface area contributed by atoms with Crippen molar-refractivity contribution in [2.45, 2.75) is 32.6 Å². The molecule has 0 amide bonds. The van der Waals surface area contributed by atoms with E-state index in [1.807, 2.05) is 0 Å². The zero-order valence-corrected chi connectivity index (χ0v) is 6.19. The third-order valence-electron chi connectivity index (χ3n) is 2.05. The molecule has 0 heterocycles. The fourth-order valence-electron chi connectivity index (χ4n) is 1.25. The van der Waals surface area contributed by atoms with Crippen LogP contribution in [0.25, 0.3) is 0 Å². The van der Waals surface area contributed by atoms with Crippen molar-refractivity contribution in [1.29, 1.82) is 0 Å². The standard InChI is InChI=1S/C9H15/c1-8-4-3-5-9(2)7-6-8/h4,9H,1,3,5-7H2,2H3. The van der Waals surface area contributed by atoms with Gasteiger partial charge in [-0.05, 0) is 38.5 Å². The summed E-state index contributed by atoms with van der Waals surface area (Å²) in [4.78, 5) is 0. The van der Waals surface area contributed by atoms with E-state index in [1.165, 1.54) is 31.3 Å². The summed E-state index contributed by atoms with van der Waals surface area (Å²) in [5.41, 5.74) is 1.35. The number of hydrogen-bond acceptors (Lipinski definition) is 0. The second kappa shape index (κ2) is 3.05. The van der Waals surface area contributed by atoms with E-state index in [9.17, 15) is 0 Å². The summed E-state index contributed by atoms with van der Waals surface area (Å²) in [5.74, 6) is 0.917. The minimum atomic E-state index is 0.917. The van der Waals surface area contributed by atoms with Crippen molar-refractivity contribution in [2.75, 3.05) is 0 Å². The van der Waals surface area contributed by atoms with Gasteiger partial charge in [-0.2, -0.15) is 0 Å². The van der Waals surface area contributed by atoms with Crippen LogP contribution in [-0.2, 0) is 0 Å². The first kappa shape index (κ1) is 6.85. The Balaban J connectivity index is 2.39. The SMILES string of the molecule is [CH2]C1=CCCC(C)CC1. The van der Waals surface area contributed by atoms with Gasteiger partial charge in [-0.1, -0.05) is 18.6 Å². The van der Waals surface area contributed by atoms with E-state index in [0.717, 1.165) is 5.92 Å². The fraction of sp³-hybridized carbons (Fsp3) is 0.667. The van der Waals surface area contributed by atoms with E-state index in [2.05, 4.69) is 19.9 Å². The zero-order valence-electron chi connectivity index (χ0n) is 6.19. The van der Waals surface area contributed by atoms with E-state index in [1.54, 1.807) is 0 Å². The van der Waals surface area contributed by atoms with E-state index < -0.39 is 0 Å². The van der Waals surface area contributed by atoms with Crippen molar-refractivity contribution in [1.82, 2.24) is 0 Å². The lowest BCUT2D eigenvalue weighted by molar-refractivity contribution is 0.511. The Morgan fingerprint density at radius 1 is 1.56 bits per heavy atom. The smallest absolute Gasteiger partial charge is 0.0283 e. The molecular formula is C9H15. The van der Waals surface area contributed by atoms with Crippen molar-refractivity contribution in [3.05, 3.63) is 18.6 Å².